The zero-order valence-corrected chi connectivity index (χ0v) is 14.7. The molecule has 0 saturated carbocycles. The van der Waals surface area contributed by atoms with E-state index >= 15 is 0 Å². The topological polar surface area (TPSA) is 75.5 Å². The predicted octanol–water partition coefficient (Wildman–Crippen LogP) is 3.35. The minimum absolute atomic E-state index is 0.244. The van der Waals surface area contributed by atoms with Crippen LogP contribution in [0.25, 0.3) is 22.6 Å². The summed E-state index contributed by atoms with van der Waals surface area (Å²) < 4.78 is 5.40. The number of benzene rings is 2. The summed E-state index contributed by atoms with van der Waals surface area (Å²) in [7, 11) is 0. The highest BCUT2D eigenvalue weighted by Crippen LogP contribution is 2.24. The molecule has 0 atom stereocenters. The van der Waals surface area contributed by atoms with Gasteiger partial charge in [-0.2, -0.15) is 0 Å². The SMILES string of the molecule is O=C(O)c1ccc(-c2nccc(-c3ccc(N4CCOCC4)cc3)n2)cc1. The first-order valence-corrected chi connectivity index (χ1v) is 8.80. The molecule has 1 N–H and O–H groups in total. The van der Waals surface area contributed by atoms with Gasteiger partial charge in [0, 0.05) is 36.1 Å². The van der Waals surface area contributed by atoms with Crippen molar-refractivity contribution in [2.45, 2.75) is 0 Å². The largest absolute Gasteiger partial charge is 0.478 e. The molecule has 1 fully saturated rings. The van der Waals surface area contributed by atoms with Gasteiger partial charge in [0.15, 0.2) is 5.82 Å². The quantitative estimate of drug-likeness (QED) is 0.768. The maximum Gasteiger partial charge on any atom is 0.335 e. The number of carbonyl (C=O) groups is 1. The second kappa shape index (κ2) is 7.55. The Balaban J connectivity index is 1.57. The van der Waals surface area contributed by atoms with E-state index in [1.54, 1.807) is 30.5 Å². The summed E-state index contributed by atoms with van der Waals surface area (Å²) in [6.07, 6.45) is 1.72. The van der Waals surface area contributed by atoms with Crippen LogP contribution in [0.4, 0.5) is 5.69 Å². The van der Waals surface area contributed by atoms with Crippen molar-refractivity contribution in [2.24, 2.45) is 0 Å². The van der Waals surface area contributed by atoms with Crippen LogP contribution in [0.15, 0.2) is 60.8 Å². The molecule has 2 heterocycles. The first-order chi connectivity index (χ1) is 13.2. The van der Waals surface area contributed by atoms with Gasteiger partial charge in [-0.3, -0.25) is 0 Å². The van der Waals surface area contributed by atoms with Crippen LogP contribution in [-0.2, 0) is 4.74 Å². The Hall–Kier alpha value is -3.25. The lowest BCUT2D eigenvalue weighted by atomic mass is 10.1. The van der Waals surface area contributed by atoms with Gasteiger partial charge in [-0.1, -0.05) is 24.3 Å². The van der Waals surface area contributed by atoms with Crippen LogP contribution in [0, 0.1) is 0 Å². The van der Waals surface area contributed by atoms with Gasteiger partial charge in [0.2, 0.25) is 0 Å². The summed E-state index contributed by atoms with van der Waals surface area (Å²) >= 11 is 0. The molecule has 136 valence electrons. The van der Waals surface area contributed by atoms with Crippen molar-refractivity contribution in [1.82, 2.24) is 9.97 Å². The van der Waals surface area contributed by atoms with E-state index < -0.39 is 5.97 Å². The third-order valence-corrected chi connectivity index (χ3v) is 4.58. The number of ether oxygens (including phenoxy) is 1. The lowest BCUT2D eigenvalue weighted by Crippen LogP contribution is -2.36. The third kappa shape index (κ3) is 3.80. The highest BCUT2D eigenvalue weighted by molar-refractivity contribution is 5.88. The van der Waals surface area contributed by atoms with Gasteiger partial charge in [0.05, 0.1) is 24.5 Å². The first-order valence-electron chi connectivity index (χ1n) is 8.80. The number of aromatic carboxylic acids is 1. The fourth-order valence-electron chi connectivity index (χ4n) is 3.08. The van der Waals surface area contributed by atoms with E-state index in [1.807, 2.05) is 6.07 Å². The highest BCUT2D eigenvalue weighted by atomic mass is 16.5. The number of hydrogen-bond donors (Lipinski definition) is 1. The van der Waals surface area contributed by atoms with Crippen LogP contribution in [0.5, 0.6) is 0 Å². The Bertz CT molecular complexity index is 934. The van der Waals surface area contributed by atoms with Crippen molar-refractivity contribution in [2.75, 3.05) is 31.2 Å². The van der Waals surface area contributed by atoms with E-state index in [2.05, 4.69) is 39.1 Å². The maximum absolute atomic E-state index is 11.0. The Kier molecular flexibility index (Phi) is 4.80. The molecule has 6 heteroatoms. The van der Waals surface area contributed by atoms with Gasteiger partial charge in [0.1, 0.15) is 0 Å². The normalized spacial score (nSPS) is 14.1. The van der Waals surface area contributed by atoms with Crippen molar-refractivity contribution in [1.29, 1.82) is 0 Å². The smallest absolute Gasteiger partial charge is 0.335 e. The molecule has 0 radical (unpaired) electrons. The third-order valence-electron chi connectivity index (χ3n) is 4.58. The first kappa shape index (κ1) is 17.2. The van der Waals surface area contributed by atoms with E-state index in [0.717, 1.165) is 43.1 Å². The van der Waals surface area contributed by atoms with Gasteiger partial charge in [0.25, 0.3) is 0 Å². The van der Waals surface area contributed by atoms with Gasteiger partial charge < -0.3 is 14.7 Å². The number of morpholine rings is 1. The second-order valence-corrected chi connectivity index (χ2v) is 6.29. The summed E-state index contributed by atoms with van der Waals surface area (Å²) in [6, 6.07) is 16.8. The number of rotatable bonds is 4. The van der Waals surface area contributed by atoms with Gasteiger partial charge in [-0.15, -0.1) is 0 Å². The average Bonchev–Trinajstić information content (AvgIpc) is 2.75. The minimum atomic E-state index is -0.948. The molecule has 6 nitrogen and oxygen atoms in total. The summed E-state index contributed by atoms with van der Waals surface area (Å²) in [5, 5.41) is 9.01. The van der Waals surface area contributed by atoms with Crippen molar-refractivity contribution in [3.63, 3.8) is 0 Å². The molecule has 27 heavy (non-hydrogen) atoms. The summed E-state index contributed by atoms with van der Waals surface area (Å²) in [6.45, 7) is 3.34. The molecule has 4 rings (SSSR count). The lowest BCUT2D eigenvalue weighted by Gasteiger charge is -2.28. The molecule has 1 saturated heterocycles. The van der Waals surface area contributed by atoms with Crippen molar-refractivity contribution in [3.8, 4) is 22.6 Å². The van der Waals surface area contributed by atoms with Gasteiger partial charge in [-0.25, -0.2) is 14.8 Å². The summed E-state index contributed by atoms with van der Waals surface area (Å²) in [5.74, 6) is -0.377. The molecule has 1 aliphatic rings. The van der Waals surface area contributed by atoms with E-state index in [0.29, 0.717) is 5.82 Å². The number of carboxylic acid groups (broad SMARTS) is 1. The number of anilines is 1. The van der Waals surface area contributed by atoms with E-state index in [1.165, 1.54) is 5.69 Å². The molecule has 0 unspecified atom stereocenters. The van der Waals surface area contributed by atoms with Crippen LogP contribution in [0.3, 0.4) is 0 Å². The molecular formula is C21H19N3O3. The Labute approximate surface area is 157 Å². The lowest BCUT2D eigenvalue weighted by molar-refractivity contribution is 0.0697. The molecule has 0 amide bonds. The monoisotopic (exact) mass is 361 g/mol. The molecular weight excluding hydrogens is 342 g/mol. The standard InChI is InChI=1S/C21H19N3O3/c25-21(26)17-3-1-16(2-4-17)20-22-10-9-19(23-20)15-5-7-18(8-6-15)24-11-13-27-14-12-24/h1-10H,11-14H2,(H,25,26). The fourth-order valence-corrected chi connectivity index (χ4v) is 3.08. The zero-order valence-electron chi connectivity index (χ0n) is 14.7. The van der Waals surface area contributed by atoms with E-state index in [-0.39, 0.29) is 5.56 Å². The van der Waals surface area contributed by atoms with Crippen molar-refractivity contribution < 1.29 is 14.6 Å². The van der Waals surface area contributed by atoms with Crippen LogP contribution >= 0.6 is 0 Å². The zero-order chi connectivity index (χ0) is 18.6. The summed E-state index contributed by atoms with van der Waals surface area (Å²) in [5.41, 5.74) is 4.05. The molecule has 0 aliphatic carbocycles. The van der Waals surface area contributed by atoms with Crippen LogP contribution in [-0.4, -0.2) is 47.3 Å². The van der Waals surface area contributed by atoms with E-state index in [9.17, 15) is 4.79 Å². The molecule has 1 aromatic heterocycles. The summed E-state index contributed by atoms with van der Waals surface area (Å²) in [4.78, 5) is 22.3. The second-order valence-electron chi connectivity index (χ2n) is 6.29. The molecule has 0 spiro atoms. The number of carboxylic acids is 1. The van der Waals surface area contributed by atoms with E-state index in [4.69, 9.17) is 9.84 Å². The molecule has 0 bridgehead atoms. The van der Waals surface area contributed by atoms with Gasteiger partial charge >= 0.3 is 5.97 Å². The van der Waals surface area contributed by atoms with Crippen LogP contribution < -0.4 is 4.90 Å². The van der Waals surface area contributed by atoms with Gasteiger partial charge in [-0.05, 0) is 30.3 Å². The average molecular weight is 361 g/mol. The minimum Gasteiger partial charge on any atom is -0.478 e. The molecule has 3 aromatic rings. The number of hydrogen-bond acceptors (Lipinski definition) is 5. The Morgan fingerprint density at radius 2 is 1.59 bits per heavy atom. The van der Waals surface area contributed by atoms with Crippen LogP contribution in [0.2, 0.25) is 0 Å². The predicted molar refractivity (Wildman–Crippen MR) is 103 cm³/mol. The highest BCUT2D eigenvalue weighted by Gasteiger charge is 2.12. The maximum atomic E-state index is 11.0. The number of nitrogens with zero attached hydrogens (tertiary/aromatic N) is 3. The Morgan fingerprint density at radius 3 is 2.26 bits per heavy atom. The number of aromatic nitrogens is 2. The Morgan fingerprint density at radius 1 is 0.926 bits per heavy atom. The molecule has 1 aliphatic heterocycles. The van der Waals surface area contributed by atoms with Crippen LogP contribution in [0.1, 0.15) is 10.4 Å². The molecule has 2 aromatic carbocycles. The van der Waals surface area contributed by atoms with Crippen molar-refractivity contribution in [3.05, 3.63) is 66.4 Å². The fraction of sp³-hybridized carbons (Fsp3) is 0.190. The van der Waals surface area contributed by atoms with Crippen molar-refractivity contribution >= 4 is 11.7 Å².